The Morgan fingerprint density at radius 1 is 0.914 bits per heavy atom. The molecule has 0 saturated carbocycles. The number of nitrogens with one attached hydrogen (secondary N) is 2. The molecule has 0 aliphatic carbocycles. The first-order valence-electron chi connectivity index (χ1n) is 11.1. The summed E-state index contributed by atoms with van der Waals surface area (Å²) in [6, 6.07) is 19.1. The lowest BCUT2D eigenvalue weighted by Crippen LogP contribution is -2.29. The van der Waals surface area contributed by atoms with Gasteiger partial charge in [0.25, 0.3) is 5.91 Å². The number of anilines is 1. The Labute approximate surface area is 201 Å². The van der Waals surface area contributed by atoms with Gasteiger partial charge in [0.2, 0.25) is 5.91 Å². The van der Waals surface area contributed by atoms with Crippen LogP contribution < -0.4 is 10.6 Å². The average Bonchev–Trinajstić information content (AvgIpc) is 3.18. The average molecular weight is 478 g/mol. The largest absolute Gasteiger partial charge is 0.383 e. The Hall–Kier alpha value is -4.04. The number of rotatable bonds is 9. The molecule has 0 saturated heterocycles. The van der Waals surface area contributed by atoms with Gasteiger partial charge in [-0.15, -0.1) is 0 Å². The van der Waals surface area contributed by atoms with E-state index in [1.807, 2.05) is 10.6 Å². The lowest BCUT2D eigenvalue weighted by atomic mass is 10.1. The number of halogens is 2. The van der Waals surface area contributed by atoms with Gasteiger partial charge in [-0.05, 0) is 59.7 Å². The van der Waals surface area contributed by atoms with Gasteiger partial charge in [-0.2, -0.15) is 0 Å². The highest BCUT2D eigenvalue weighted by Crippen LogP contribution is 2.25. The van der Waals surface area contributed by atoms with E-state index in [1.165, 1.54) is 24.3 Å². The quantitative estimate of drug-likeness (QED) is 0.348. The van der Waals surface area contributed by atoms with E-state index in [4.69, 9.17) is 4.74 Å². The number of aromatic nitrogens is 1. The van der Waals surface area contributed by atoms with Gasteiger partial charge < -0.3 is 19.9 Å². The Bertz CT molecular complexity index is 1350. The van der Waals surface area contributed by atoms with Crippen LogP contribution in [0.2, 0.25) is 0 Å². The van der Waals surface area contributed by atoms with Crippen LogP contribution in [0.4, 0.5) is 14.5 Å². The first-order chi connectivity index (χ1) is 16.9. The topological polar surface area (TPSA) is 72.4 Å². The van der Waals surface area contributed by atoms with Crippen LogP contribution in [0.5, 0.6) is 0 Å². The predicted molar refractivity (Wildman–Crippen MR) is 130 cm³/mol. The molecule has 0 radical (unpaired) electrons. The molecular formula is C27H25F2N3O3. The molecule has 0 bridgehead atoms. The zero-order valence-corrected chi connectivity index (χ0v) is 19.2. The van der Waals surface area contributed by atoms with Crippen LogP contribution in [-0.2, 0) is 22.5 Å². The molecule has 0 spiro atoms. The van der Waals surface area contributed by atoms with Gasteiger partial charge in [-0.1, -0.05) is 24.3 Å². The molecule has 4 rings (SSSR count). The molecule has 0 unspecified atom stereocenters. The number of carbonyl (C=O) groups is 2. The fraction of sp³-hybridized carbons (Fsp3) is 0.185. The molecule has 0 aliphatic rings. The Kier molecular flexibility index (Phi) is 7.52. The number of hydrogen-bond acceptors (Lipinski definition) is 3. The van der Waals surface area contributed by atoms with Gasteiger partial charge in [-0.3, -0.25) is 9.59 Å². The molecule has 6 nitrogen and oxygen atoms in total. The Balaban J connectivity index is 1.60. The molecule has 35 heavy (non-hydrogen) atoms. The van der Waals surface area contributed by atoms with Crippen molar-refractivity contribution in [2.24, 2.45) is 0 Å². The van der Waals surface area contributed by atoms with Crippen molar-refractivity contribution in [1.82, 2.24) is 9.88 Å². The van der Waals surface area contributed by atoms with Crippen LogP contribution in [0.3, 0.4) is 0 Å². The summed E-state index contributed by atoms with van der Waals surface area (Å²) in [5.74, 6) is -1.23. The summed E-state index contributed by atoms with van der Waals surface area (Å²) in [4.78, 5) is 25.4. The molecular weight excluding hydrogens is 452 g/mol. The Morgan fingerprint density at radius 3 is 2.46 bits per heavy atom. The lowest BCUT2D eigenvalue weighted by molar-refractivity contribution is -0.115. The summed E-state index contributed by atoms with van der Waals surface area (Å²) in [7, 11) is 1.55. The van der Waals surface area contributed by atoms with Crippen LogP contribution in [-0.4, -0.2) is 36.6 Å². The van der Waals surface area contributed by atoms with Crippen LogP contribution >= 0.6 is 0 Å². The summed E-state index contributed by atoms with van der Waals surface area (Å²) in [6.45, 7) is 1.02. The smallest absolute Gasteiger partial charge is 0.268 e. The normalized spacial score (nSPS) is 10.9. The maximum atomic E-state index is 13.8. The van der Waals surface area contributed by atoms with Crippen LogP contribution in [0, 0.1) is 11.6 Å². The number of benzene rings is 3. The first-order valence-corrected chi connectivity index (χ1v) is 11.1. The number of carbonyl (C=O) groups excluding carboxylic acids is 2. The fourth-order valence-electron chi connectivity index (χ4n) is 3.88. The molecule has 0 aliphatic heterocycles. The van der Waals surface area contributed by atoms with Gasteiger partial charge in [0.1, 0.15) is 17.3 Å². The van der Waals surface area contributed by atoms with Crippen molar-refractivity contribution >= 4 is 28.4 Å². The molecule has 1 aromatic heterocycles. The lowest BCUT2D eigenvalue weighted by Gasteiger charge is -2.12. The number of fused-ring (bicyclic) bond motifs is 1. The minimum absolute atomic E-state index is 0.103. The van der Waals surface area contributed by atoms with Gasteiger partial charge in [-0.25, -0.2) is 8.78 Å². The maximum Gasteiger partial charge on any atom is 0.268 e. The molecule has 4 aromatic rings. The van der Waals surface area contributed by atoms with E-state index in [9.17, 15) is 18.4 Å². The van der Waals surface area contributed by atoms with Crippen molar-refractivity contribution < 1.29 is 23.1 Å². The standard InChI is InChI=1S/C27H25F2N3O3/c1-35-12-11-30-27(34)25-16-20-15-23(31-26(33)14-18-5-7-21(28)8-6-18)9-10-24(20)32(25)17-19-3-2-4-22(29)13-19/h2-10,13,15-16H,11-12,14,17H2,1H3,(H,30,34)(H,31,33). The van der Waals surface area contributed by atoms with E-state index < -0.39 is 0 Å². The summed E-state index contributed by atoms with van der Waals surface area (Å²) < 4.78 is 33.7. The predicted octanol–water partition coefficient (Wildman–Crippen LogP) is 4.53. The molecule has 180 valence electrons. The third-order valence-electron chi connectivity index (χ3n) is 5.52. The van der Waals surface area contributed by atoms with E-state index in [-0.39, 0.29) is 29.9 Å². The molecule has 8 heteroatoms. The second kappa shape index (κ2) is 10.9. The second-order valence-corrected chi connectivity index (χ2v) is 8.12. The summed E-state index contributed by atoms with van der Waals surface area (Å²) in [5.41, 5.74) is 3.16. The van der Waals surface area contributed by atoms with Crippen molar-refractivity contribution in [2.45, 2.75) is 13.0 Å². The van der Waals surface area contributed by atoms with Crippen molar-refractivity contribution in [3.8, 4) is 0 Å². The maximum absolute atomic E-state index is 13.8. The van der Waals surface area contributed by atoms with E-state index in [2.05, 4.69) is 10.6 Å². The number of nitrogens with zero attached hydrogens (tertiary/aromatic N) is 1. The first kappa shape index (κ1) is 24.1. The van der Waals surface area contributed by atoms with Crippen LogP contribution in [0.25, 0.3) is 10.9 Å². The van der Waals surface area contributed by atoms with Crippen LogP contribution in [0.1, 0.15) is 21.6 Å². The Morgan fingerprint density at radius 2 is 1.71 bits per heavy atom. The third-order valence-corrected chi connectivity index (χ3v) is 5.52. The second-order valence-electron chi connectivity index (χ2n) is 8.12. The van der Waals surface area contributed by atoms with Gasteiger partial charge >= 0.3 is 0 Å². The van der Waals surface area contributed by atoms with Crippen LogP contribution in [0.15, 0.2) is 72.8 Å². The molecule has 2 N–H and O–H groups in total. The zero-order chi connectivity index (χ0) is 24.8. The minimum Gasteiger partial charge on any atom is -0.383 e. The summed E-state index contributed by atoms with van der Waals surface area (Å²) >= 11 is 0. The van der Waals surface area contributed by atoms with Crippen molar-refractivity contribution in [2.75, 3.05) is 25.6 Å². The molecule has 0 atom stereocenters. The number of amides is 2. The number of ether oxygens (including phenoxy) is 1. The highest BCUT2D eigenvalue weighted by Gasteiger charge is 2.17. The highest BCUT2D eigenvalue weighted by atomic mass is 19.1. The van der Waals surface area contributed by atoms with Crippen molar-refractivity contribution in [1.29, 1.82) is 0 Å². The molecule has 3 aromatic carbocycles. The SMILES string of the molecule is COCCNC(=O)c1cc2cc(NC(=O)Cc3ccc(F)cc3)ccc2n1Cc1cccc(F)c1. The number of methoxy groups -OCH3 is 1. The van der Waals surface area contributed by atoms with E-state index in [0.717, 1.165) is 10.9 Å². The zero-order valence-electron chi connectivity index (χ0n) is 19.2. The molecule has 0 fully saturated rings. The van der Waals surface area contributed by atoms with Gasteiger partial charge in [0.05, 0.1) is 13.0 Å². The fourth-order valence-corrected chi connectivity index (χ4v) is 3.88. The molecule has 1 heterocycles. The van der Waals surface area contributed by atoms with Gasteiger partial charge in [0.15, 0.2) is 0 Å². The molecule has 2 amide bonds. The van der Waals surface area contributed by atoms with E-state index >= 15 is 0 Å². The highest BCUT2D eigenvalue weighted by molar-refractivity contribution is 6.00. The van der Waals surface area contributed by atoms with E-state index in [0.29, 0.717) is 42.2 Å². The van der Waals surface area contributed by atoms with Crippen molar-refractivity contribution in [3.63, 3.8) is 0 Å². The minimum atomic E-state index is -0.357. The van der Waals surface area contributed by atoms with Gasteiger partial charge in [0, 0.05) is 36.8 Å². The third kappa shape index (κ3) is 6.10. The van der Waals surface area contributed by atoms with E-state index in [1.54, 1.807) is 49.6 Å². The summed E-state index contributed by atoms with van der Waals surface area (Å²) in [6.07, 6.45) is 0.103. The van der Waals surface area contributed by atoms with Crippen molar-refractivity contribution in [3.05, 3.63) is 101 Å². The monoisotopic (exact) mass is 477 g/mol. The number of hydrogen-bond donors (Lipinski definition) is 2. The summed E-state index contributed by atoms with van der Waals surface area (Å²) in [5, 5.41) is 6.41.